The van der Waals surface area contributed by atoms with Gasteiger partial charge in [-0.05, 0) is 13.0 Å². The van der Waals surface area contributed by atoms with Crippen molar-refractivity contribution < 1.29 is 14.5 Å². The average molecular weight is 308 g/mol. The highest BCUT2D eigenvalue weighted by atomic mass is 32.1. The lowest BCUT2D eigenvalue weighted by molar-refractivity contribution is -0.386. The van der Waals surface area contributed by atoms with Crippen molar-refractivity contribution in [2.75, 3.05) is 0 Å². The molecule has 0 aliphatic heterocycles. The van der Waals surface area contributed by atoms with E-state index in [1.807, 2.05) is 5.43 Å². The Kier molecular flexibility index (Phi) is 4.45. The van der Waals surface area contributed by atoms with Crippen molar-refractivity contribution in [1.82, 2.24) is 10.4 Å². The molecule has 21 heavy (non-hydrogen) atoms. The SMILES string of the molecule is Cc1cccc(OCc2csc(C(=O)NN)n2)c1[N+](=O)[O-]. The number of rotatable bonds is 5. The molecule has 0 atom stereocenters. The van der Waals surface area contributed by atoms with E-state index in [2.05, 4.69) is 4.98 Å². The Morgan fingerprint density at radius 1 is 1.57 bits per heavy atom. The van der Waals surface area contributed by atoms with Crippen molar-refractivity contribution in [3.05, 3.63) is 50.0 Å². The van der Waals surface area contributed by atoms with Crippen LogP contribution in [-0.4, -0.2) is 15.8 Å². The predicted molar refractivity (Wildman–Crippen MR) is 75.9 cm³/mol. The molecule has 2 aromatic rings. The molecule has 8 nitrogen and oxygen atoms in total. The molecule has 0 unspecified atom stereocenters. The second-order valence-electron chi connectivity index (χ2n) is 4.08. The Morgan fingerprint density at radius 3 is 3.00 bits per heavy atom. The van der Waals surface area contributed by atoms with Crippen LogP contribution in [0.5, 0.6) is 5.75 Å². The first kappa shape index (κ1) is 14.9. The first-order valence-electron chi connectivity index (χ1n) is 5.85. The van der Waals surface area contributed by atoms with Crippen molar-refractivity contribution in [2.45, 2.75) is 13.5 Å². The number of aryl methyl sites for hydroxylation is 1. The molecule has 1 aromatic carbocycles. The van der Waals surface area contributed by atoms with E-state index in [4.69, 9.17) is 10.6 Å². The van der Waals surface area contributed by atoms with Crippen molar-refractivity contribution in [3.63, 3.8) is 0 Å². The number of nitro benzene ring substituents is 1. The fourth-order valence-electron chi connectivity index (χ4n) is 1.67. The Hall–Kier alpha value is -2.52. The highest BCUT2D eigenvalue weighted by Crippen LogP contribution is 2.30. The van der Waals surface area contributed by atoms with Crippen LogP contribution >= 0.6 is 11.3 Å². The molecule has 3 N–H and O–H groups in total. The van der Waals surface area contributed by atoms with E-state index in [-0.39, 0.29) is 23.1 Å². The fraction of sp³-hybridized carbons (Fsp3) is 0.167. The summed E-state index contributed by atoms with van der Waals surface area (Å²) in [6, 6.07) is 4.83. The molecular formula is C12H12N4O4S. The van der Waals surface area contributed by atoms with E-state index in [1.165, 1.54) is 6.07 Å². The number of amides is 1. The number of benzene rings is 1. The van der Waals surface area contributed by atoms with Gasteiger partial charge in [-0.2, -0.15) is 0 Å². The van der Waals surface area contributed by atoms with Crippen LogP contribution in [0.2, 0.25) is 0 Å². The molecule has 0 saturated heterocycles. The zero-order chi connectivity index (χ0) is 15.4. The topological polar surface area (TPSA) is 120 Å². The van der Waals surface area contributed by atoms with Gasteiger partial charge in [-0.1, -0.05) is 12.1 Å². The number of hydrogen-bond acceptors (Lipinski definition) is 7. The van der Waals surface area contributed by atoms with Gasteiger partial charge in [0.1, 0.15) is 6.61 Å². The summed E-state index contributed by atoms with van der Waals surface area (Å²) in [6.45, 7) is 1.66. The van der Waals surface area contributed by atoms with Gasteiger partial charge in [0.15, 0.2) is 10.8 Å². The summed E-state index contributed by atoms with van der Waals surface area (Å²) in [5.74, 6) is 4.68. The molecule has 0 spiro atoms. The molecule has 1 heterocycles. The number of ether oxygens (including phenoxy) is 1. The Morgan fingerprint density at radius 2 is 2.33 bits per heavy atom. The first-order chi connectivity index (χ1) is 10.0. The maximum absolute atomic E-state index is 11.3. The van der Waals surface area contributed by atoms with Gasteiger partial charge >= 0.3 is 5.69 Å². The number of carbonyl (C=O) groups excluding carboxylic acids is 1. The number of para-hydroxylation sites is 1. The molecule has 9 heteroatoms. The third-order valence-electron chi connectivity index (χ3n) is 2.64. The summed E-state index contributed by atoms with van der Waals surface area (Å²) in [4.78, 5) is 25.8. The van der Waals surface area contributed by atoms with Crippen LogP contribution < -0.4 is 16.0 Å². The summed E-state index contributed by atoms with van der Waals surface area (Å²) in [5.41, 5.74) is 2.91. The number of nitrogens with one attached hydrogen (secondary N) is 1. The molecule has 1 amide bonds. The van der Waals surface area contributed by atoms with Crippen LogP contribution in [0.15, 0.2) is 23.6 Å². The number of hydrogen-bond donors (Lipinski definition) is 2. The lowest BCUT2D eigenvalue weighted by atomic mass is 10.2. The van der Waals surface area contributed by atoms with Crippen LogP contribution in [-0.2, 0) is 6.61 Å². The van der Waals surface area contributed by atoms with Crippen molar-refractivity contribution in [3.8, 4) is 5.75 Å². The molecule has 0 saturated carbocycles. The number of aromatic nitrogens is 1. The maximum Gasteiger partial charge on any atom is 0.313 e. The number of carbonyl (C=O) groups is 1. The molecule has 0 aliphatic carbocycles. The molecule has 0 fully saturated rings. The van der Waals surface area contributed by atoms with Crippen molar-refractivity contribution in [1.29, 1.82) is 0 Å². The zero-order valence-corrected chi connectivity index (χ0v) is 11.8. The second kappa shape index (κ2) is 6.29. The lowest BCUT2D eigenvalue weighted by Gasteiger charge is -2.06. The highest BCUT2D eigenvalue weighted by molar-refractivity contribution is 7.11. The summed E-state index contributed by atoms with van der Waals surface area (Å²) in [5, 5.41) is 12.9. The standard InChI is InChI=1S/C12H12N4O4S/c1-7-3-2-4-9(10(7)16(18)19)20-5-8-6-21-12(14-8)11(17)15-13/h2-4,6H,5,13H2,1H3,(H,15,17). The Balaban J connectivity index is 2.13. The lowest BCUT2D eigenvalue weighted by Crippen LogP contribution is -2.29. The van der Waals surface area contributed by atoms with E-state index in [1.54, 1.807) is 24.4 Å². The smallest absolute Gasteiger partial charge is 0.313 e. The van der Waals surface area contributed by atoms with E-state index >= 15 is 0 Å². The van der Waals surface area contributed by atoms with Gasteiger partial charge in [0.05, 0.1) is 10.6 Å². The molecule has 0 aliphatic rings. The molecule has 2 rings (SSSR count). The maximum atomic E-state index is 11.3. The van der Waals surface area contributed by atoms with Crippen LogP contribution in [0, 0.1) is 17.0 Å². The predicted octanol–water partition coefficient (Wildman–Crippen LogP) is 1.54. The van der Waals surface area contributed by atoms with Crippen LogP contribution in [0.4, 0.5) is 5.69 Å². The number of nitrogens with zero attached hydrogens (tertiary/aromatic N) is 2. The molecule has 110 valence electrons. The van der Waals surface area contributed by atoms with Gasteiger partial charge in [0.25, 0.3) is 5.91 Å². The van der Waals surface area contributed by atoms with Gasteiger partial charge in [0.2, 0.25) is 0 Å². The van der Waals surface area contributed by atoms with Gasteiger partial charge < -0.3 is 4.74 Å². The van der Waals surface area contributed by atoms with E-state index in [0.29, 0.717) is 11.3 Å². The van der Waals surface area contributed by atoms with Gasteiger partial charge in [-0.25, -0.2) is 10.8 Å². The van der Waals surface area contributed by atoms with Gasteiger partial charge in [-0.15, -0.1) is 11.3 Å². The van der Waals surface area contributed by atoms with Crippen LogP contribution in [0.1, 0.15) is 21.1 Å². The average Bonchev–Trinajstić information content (AvgIpc) is 2.92. The minimum atomic E-state index is -0.493. The Labute approximate surface area is 123 Å². The summed E-state index contributed by atoms with van der Waals surface area (Å²) < 4.78 is 5.43. The quantitative estimate of drug-likeness (QED) is 0.374. The van der Waals surface area contributed by atoms with Gasteiger partial charge in [0, 0.05) is 10.9 Å². The minimum absolute atomic E-state index is 0.0264. The van der Waals surface area contributed by atoms with Crippen LogP contribution in [0.3, 0.4) is 0 Å². The second-order valence-corrected chi connectivity index (χ2v) is 4.94. The molecule has 0 bridgehead atoms. The zero-order valence-electron chi connectivity index (χ0n) is 11.0. The Bertz CT molecular complexity index is 686. The largest absolute Gasteiger partial charge is 0.480 e. The fourth-order valence-corrected chi connectivity index (χ4v) is 2.38. The minimum Gasteiger partial charge on any atom is -0.480 e. The number of nitrogen functional groups attached to an aromatic ring is 1. The summed E-state index contributed by atoms with van der Waals surface area (Å²) >= 11 is 1.11. The van der Waals surface area contributed by atoms with Crippen LogP contribution in [0.25, 0.3) is 0 Å². The van der Waals surface area contributed by atoms with E-state index < -0.39 is 10.8 Å². The van der Waals surface area contributed by atoms with Crippen molar-refractivity contribution in [2.24, 2.45) is 5.84 Å². The number of nitro groups is 1. The van der Waals surface area contributed by atoms with Crippen molar-refractivity contribution >= 4 is 22.9 Å². The summed E-state index contributed by atoms with van der Waals surface area (Å²) in [7, 11) is 0. The monoisotopic (exact) mass is 308 g/mol. The molecule has 1 aromatic heterocycles. The third-order valence-corrected chi connectivity index (χ3v) is 3.53. The highest BCUT2D eigenvalue weighted by Gasteiger charge is 2.18. The summed E-state index contributed by atoms with van der Waals surface area (Å²) in [6.07, 6.45) is 0. The molecule has 0 radical (unpaired) electrons. The van der Waals surface area contributed by atoms with E-state index in [9.17, 15) is 14.9 Å². The normalized spacial score (nSPS) is 10.2. The number of thiazole rings is 1. The third kappa shape index (κ3) is 3.33. The van der Waals surface area contributed by atoms with Gasteiger partial charge in [-0.3, -0.25) is 20.3 Å². The number of nitrogens with two attached hydrogens (primary N) is 1. The first-order valence-corrected chi connectivity index (χ1v) is 6.73. The molecular weight excluding hydrogens is 296 g/mol. The number of hydrazine groups is 1. The van der Waals surface area contributed by atoms with E-state index in [0.717, 1.165) is 11.3 Å².